The van der Waals surface area contributed by atoms with Gasteiger partial charge in [-0.3, -0.25) is 9.52 Å². The van der Waals surface area contributed by atoms with Gasteiger partial charge >= 0.3 is 16.2 Å². The predicted molar refractivity (Wildman–Crippen MR) is 134 cm³/mol. The number of fused-ring (bicyclic) bond motifs is 1. The highest BCUT2D eigenvalue weighted by Crippen LogP contribution is 2.29. The molecule has 0 unspecified atom stereocenters. The number of ether oxygens (including phenoxy) is 1. The van der Waals surface area contributed by atoms with Gasteiger partial charge in [0.25, 0.3) is 0 Å². The number of aromatic nitrogens is 4. The molecule has 3 aromatic heterocycles. The zero-order valence-electron chi connectivity index (χ0n) is 20.2. The number of hydrogen-bond donors (Lipinski definition) is 2. The van der Waals surface area contributed by atoms with Crippen molar-refractivity contribution < 1.29 is 26.7 Å². The van der Waals surface area contributed by atoms with E-state index in [1.165, 1.54) is 38.9 Å². The molecule has 1 aromatic carbocycles. The highest BCUT2D eigenvalue weighted by atomic mass is 32.2. The summed E-state index contributed by atoms with van der Waals surface area (Å²) in [6, 6.07) is 3.56. The largest absolute Gasteiger partial charge is 0.467 e. The Labute approximate surface area is 211 Å². The third-order valence-electron chi connectivity index (χ3n) is 5.71. The number of rotatable bonds is 10. The summed E-state index contributed by atoms with van der Waals surface area (Å²) in [6.07, 6.45) is 7.21. The van der Waals surface area contributed by atoms with Crippen LogP contribution >= 0.6 is 0 Å². The van der Waals surface area contributed by atoms with Crippen LogP contribution in [0.2, 0.25) is 0 Å². The fraction of sp³-hybridized carbons (Fsp3) is 0.250. The number of benzene rings is 1. The number of nitrogens with zero attached hydrogens (tertiary/aromatic N) is 4. The van der Waals surface area contributed by atoms with Gasteiger partial charge in [-0.1, -0.05) is 13.3 Å². The average molecular weight is 531 g/mol. The number of methoxy groups -OCH3 is 1. The molecule has 3 heterocycles. The first-order valence-corrected chi connectivity index (χ1v) is 12.7. The fourth-order valence-corrected chi connectivity index (χ4v) is 4.57. The predicted octanol–water partition coefficient (Wildman–Crippen LogP) is 3.93. The van der Waals surface area contributed by atoms with Crippen LogP contribution in [-0.2, 0) is 10.2 Å². The zero-order valence-corrected chi connectivity index (χ0v) is 21.1. The summed E-state index contributed by atoms with van der Waals surface area (Å²) < 4.78 is 63.4. The Morgan fingerprint density at radius 3 is 2.51 bits per heavy atom. The Bertz CT molecular complexity index is 1560. The molecular weight excluding hydrogens is 506 g/mol. The second-order valence-corrected chi connectivity index (χ2v) is 9.95. The van der Waals surface area contributed by atoms with Crippen LogP contribution in [0.3, 0.4) is 0 Å². The highest BCUT2D eigenvalue weighted by molar-refractivity contribution is 7.90. The number of pyridine rings is 1. The van der Waals surface area contributed by atoms with E-state index < -0.39 is 38.9 Å². The number of H-pyrrole nitrogens is 1. The number of unbranched alkanes of at least 4 members (excludes halogenated alkanes) is 1. The van der Waals surface area contributed by atoms with E-state index in [0.717, 1.165) is 22.9 Å². The molecule has 2 N–H and O–H groups in total. The van der Waals surface area contributed by atoms with E-state index in [9.17, 15) is 17.6 Å². The Balaban J connectivity index is 1.71. The minimum Gasteiger partial charge on any atom is -0.467 e. The molecule has 0 radical (unpaired) electrons. The first-order valence-electron chi connectivity index (χ1n) is 11.3. The molecule has 0 bridgehead atoms. The molecule has 0 atom stereocenters. The molecule has 4 rings (SSSR count). The Hall–Kier alpha value is -3.97. The number of nitrogens with one attached hydrogen (secondary N) is 2. The maximum absolute atomic E-state index is 15.4. The van der Waals surface area contributed by atoms with Gasteiger partial charge in [0.1, 0.15) is 11.5 Å². The summed E-state index contributed by atoms with van der Waals surface area (Å²) in [5.41, 5.74) is -0.0248. The Morgan fingerprint density at radius 1 is 1.14 bits per heavy atom. The molecule has 0 aliphatic heterocycles. The smallest absolute Gasteiger partial charge is 0.316 e. The molecule has 0 saturated carbocycles. The minimum atomic E-state index is -4.12. The van der Waals surface area contributed by atoms with Crippen LogP contribution in [0, 0.1) is 11.6 Å². The zero-order chi connectivity index (χ0) is 26.7. The highest BCUT2D eigenvalue weighted by Gasteiger charge is 2.27. The molecule has 4 aromatic rings. The maximum atomic E-state index is 15.4. The Morgan fingerprint density at radius 2 is 1.84 bits per heavy atom. The molecule has 194 valence electrons. The summed E-state index contributed by atoms with van der Waals surface area (Å²) in [5, 5.41) is 0.308. The van der Waals surface area contributed by atoms with Crippen molar-refractivity contribution >= 4 is 32.7 Å². The van der Waals surface area contributed by atoms with Crippen LogP contribution in [0.25, 0.3) is 22.2 Å². The lowest BCUT2D eigenvalue weighted by molar-refractivity contribution is 0.103. The number of aromatic amines is 1. The van der Waals surface area contributed by atoms with Crippen LogP contribution in [-0.4, -0.2) is 59.1 Å². The van der Waals surface area contributed by atoms with Crippen molar-refractivity contribution in [2.75, 3.05) is 25.4 Å². The molecule has 0 aliphatic carbocycles. The first-order chi connectivity index (χ1) is 17.7. The van der Waals surface area contributed by atoms with E-state index in [0.29, 0.717) is 28.6 Å². The van der Waals surface area contributed by atoms with E-state index in [4.69, 9.17) is 4.74 Å². The number of carbonyl (C=O) groups excluding carboxylic acids is 1. The average Bonchev–Trinajstić information content (AvgIpc) is 3.32. The van der Waals surface area contributed by atoms with Gasteiger partial charge in [0, 0.05) is 60.5 Å². The van der Waals surface area contributed by atoms with Crippen LogP contribution in [0.5, 0.6) is 6.01 Å². The van der Waals surface area contributed by atoms with E-state index in [1.807, 2.05) is 6.92 Å². The molecule has 0 spiro atoms. The Kier molecular flexibility index (Phi) is 7.45. The number of carbonyl (C=O) groups is 1. The first kappa shape index (κ1) is 26.1. The molecule has 10 nitrogen and oxygen atoms in total. The summed E-state index contributed by atoms with van der Waals surface area (Å²) in [6.45, 7) is 2.11. The van der Waals surface area contributed by atoms with Crippen molar-refractivity contribution in [3.8, 4) is 17.1 Å². The lowest BCUT2D eigenvalue weighted by Gasteiger charge is -2.19. The second-order valence-electron chi connectivity index (χ2n) is 8.18. The van der Waals surface area contributed by atoms with Crippen molar-refractivity contribution in [2.24, 2.45) is 0 Å². The van der Waals surface area contributed by atoms with Gasteiger partial charge in [-0.2, -0.15) is 12.7 Å². The van der Waals surface area contributed by atoms with Crippen LogP contribution < -0.4 is 9.46 Å². The van der Waals surface area contributed by atoms with E-state index in [2.05, 4.69) is 24.7 Å². The normalized spacial score (nSPS) is 11.7. The molecule has 13 heteroatoms. The summed E-state index contributed by atoms with van der Waals surface area (Å²) >= 11 is 0. The van der Waals surface area contributed by atoms with Crippen molar-refractivity contribution in [2.45, 2.75) is 19.8 Å². The van der Waals surface area contributed by atoms with Crippen molar-refractivity contribution in [1.82, 2.24) is 24.2 Å². The monoisotopic (exact) mass is 530 g/mol. The van der Waals surface area contributed by atoms with E-state index >= 15 is 4.39 Å². The number of ketones is 1. The molecule has 0 amide bonds. The number of anilines is 1. The third-order valence-corrected chi connectivity index (χ3v) is 7.19. The van der Waals surface area contributed by atoms with Crippen molar-refractivity contribution in [1.29, 1.82) is 0 Å². The van der Waals surface area contributed by atoms with Crippen LogP contribution in [0.15, 0.2) is 43.0 Å². The van der Waals surface area contributed by atoms with Gasteiger partial charge in [-0.15, -0.1) is 0 Å². The van der Waals surface area contributed by atoms with Gasteiger partial charge in [0.2, 0.25) is 5.78 Å². The van der Waals surface area contributed by atoms with E-state index in [1.54, 1.807) is 6.07 Å². The van der Waals surface area contributed by atoms with Crippen molar-refractivity contribution in [3.63, 3.8) is 0 Å². The lowest BCUT2D eigenvalue weighted by Crippen LogP contribution is -2.33. The molecule has 0 aliphatic rings. The summed E-state index contributed by atoms with van der Waals surface area (Å²) in [7, 11) is -1.34. The van der Waals surface area contributed by atoms with Gasteiger partial charge in [-0.25, -0.2) is 23.7 Å². The van der Waals surface area contributed by atoms with Gasteiger partial charge < -0.3 is 9.72 Å². The lowest BCUT2D eigenvalue weighted by atomic mass is 10.0. The summed E-state index contributed by atoms with van der Waals surface area (Å²) in [5.74, 6) is -3.43. The van der Waals surface area contributed by atoms with Gasteiger partial charge in [0.15, 0.2) is 5.82 Å². The number of hydrogen-bond acceptors (Lipinski definition) is 7. The van der Waals surface area contributed by atoms with Gasteiger partial charge in [-0.05, 0) is 24.6 Å². The van der Waals surface area contributed by atoms with E-state index in [-0.39, 0.29) is 18.1 Å². The fourth-order valence-electron chi connectivity index (χ4n) is 3.61. The van der Waals surface area contributed by atoms with Crippen LogP contribution in [0.1, 0.15) is 35.7 Å². The topological polar surface area (TPSA) is 130 Å². The van der Waals surface area contributed by atoms with Crippen LogP contribution in [0.4, 0.5) is 14.5 Å². The van der Waals surface area contributed by atoms with Gasteiger partial charge in [0.05, 0.1) is 18.4 Å². The molecule has 37 heavy (non-hydrogen) atoms. The number of halogens is 2. The second kappa shape index (κ2) is 10.6. The quantitative estimate of drug-likeness (QED) is 0.297. The minimum absolute atomic E-state index is 0.0448. The van der Waals surface area contributed by atoms with Crippen molar-refractivity contribution in [3.05, 3.63) is 65.7 Å². The SMILES string of the molecule is CCCCN(C)S(=O)(=O)Nc1ccc(F)c(C(=O)c2c[nH]c3ncc(-c4cnc(OC)nc4)cc23)c1F. The maximum Gasteiger partial charge on any atom is 0.316 e. The third kappa shape index (κ3) is 5.27. The standard InChI is InChI=1S/C24H24F2N6O4S/c1-4-5-8-32(2)37(34,35)31-19-7-6-18(25)20(21(19)26)22(33)17-13-28-23-16(17)9-14(10-27-23)15-11-29-24(36-3)30-12-15/h6-7,9-13,31H,4-5,8H2,1-3H3,(H,27,28). The molecular formula is C24H24F2N6O4S. The molecule has 0 fully saturated rings. The molecule has 0 saturated heterocycles. The summed E-state index contributed by atoms with van der Waals surface area (Å²) in [4.78, 5) is 28.5.